The second-order valence-corrected chi connectivity index (χ2v) is 18.6. The number of carboxylic acids is 1. The van der Waals surface area contributed by atoms with Gasteiger partial charge in [-0.25, -0.2) is 19.0 Å². The first-order chi connectivity index (χ1) is 25.3. The van der Waals surface area contributed by atoms with Crippen molar-refractivity contribution in [1.82, 2.24) is 19.7 Å². The topological polar surface area (TPSA) is 150 Å². The summed E-state index contributed by atoms with van der Waals surface area (Å²) in [6, 6.07) is 23.0. The molecule has 0 radical (unpaired) electrons. The number of amides is 1. The van der Waals surface area contributed by atoms with E-state index in [-0.39, 0.29) is 29.3 Å². The highest BCUT2D eigenvalue weighted by Gasteiger charge is 2.50. The zero-order valence-corrected chi connectivity index (χ0v) is 33.2. The highest BCUT2D eigenvalue weighted by atomic mass is 79.9. The van der Waals surface area contributed by atoms with E-state index in [0.717, 1.165) is 18.9 Å². The molecule has 2 heterocycles. The van der Waals surface area contributed by atoms with Crippen molar-refractivity contribution in [2.75, 3.05) is 31.5 Å². The average molecular weight is 808 g/mol. The van der Waals surface area contributed by atoms with E-state index in [1.165, 1.54) is 30.7 Å². The fourth-order valence-corrected chi connectivity index (χ4v) is 11.7. The zero-order chi connectivity index (χ0) is 38.3. The molecule has 0 aliphatic carbocycles. The number of halogens is 2. The fraction of sp³-hybridized carbons (Fsp3) is 0.342. The van der Waals surface area contributed by atoms with Crippen LogP contribution in [-0.2, 0) is 15.7 Å². The van der Waals surface area contributed by atoms with Crippen LogP contribution in [0.3, 0.4) is 0 Å². The molecule has 0 fully saturated rings. The summed E-state index contributed by atoms with van der Waals surface area (Å²) in [6.07, 6.45) is 1.48. The lowest BCUT2D eigenvalue weighted by molar-refractivity contribution is 0.0691. The van der Waals surface area contributed by atoms with E-state index in [2.05, 4.69) is 118 Å². The van der Waals surface area contributed by atoms with Gasteiger partial charge in [0.2, 0.25) is 5.95 Å². The molecule has 3 N–H and O–H groups in total. The third kappa shape index (κ3) is 8.52. The van der Waals surface area contributed by atoms with E-state index in [0.29, 0.717) is 40.0 Å². The third-order valence-corrected chi connectivity index (χ3v) is 14.6. The summed E-state index contributed by atoms with van der Waals surface area (Å²) in [6.45, 7) is 9.25. The summed E-state index contributed by atoms with van der Waals surface area (Å²) >= 11 is 3.50. The predicted molar refractivity (Wildman–Crippen MR) is 209 cm³/mol. The molecule has 15 heteroatoms. The van der Waals surface area contributed by atoms with Crippen LogP contribution in [0.25, 0.3) is 11.0 Å². The number of carbonyl (C=O) groups excluding carboxylic acids is 1. The van der Waals surface area contributed by atoms with Gasteiger partial charge in [0.05, 0.1) is 26.3 Å². The highest BCUT2D eigenvalue weighted by molar-refractivity contribution is 9.10. The molecule has 2 aromatic heterocycles. The molecule has 280 valence electrons. The van der Waals surface area contributed by atoms with Crippen molar-refractivity contribution in [2.24, 2.45) is 0 Å². The van der Waals surface area contributed by atoms with E-state index >= 15 is 0 Å². The maximum Gasteiger partial charge on any atom is 0.413 e. The van der Waals surface area contributed by atoms with Gasteiger partial charge in [-0.05, 0) is 50.2 Å². The average Bonchev–Trinajstić information content (AvgIpc) is 3.44. The molecule has 12 nitrogen and oxygen atoms in total. The van der Waals surface area contributed by atoms with E-state index in [4.69, 9.17) is 13.9 Å². The van der Waals surface area contributed by atoms with Crippen molar-refractivity contribution in [1.29, 1.82) is 0 Å². The van der Waals surface area contributed by atoms with Gasteiger partial charge >= 0.3 is 12.1 Å². The molecule has 0 saturated heterocycles. The second kappa shape index (κ2) is 16.9. The Morgan fingerprint density at radius 2 is 1.64 bits per heavy atom. The predicted octanol–water partition coefficient (Wildman–Crippen LogP) is 7.21. The molecular weight excluding hydrogens is 763 g/mol. The molecule has 0 bridgehead atoms. The number of nitrogens with zero attached hydrogens (tertiary/aromatic N) is 4. The number of ether oxygens (including phenoxy) is 2. The van der Waals surface area contributed by atoms with Crippen molar-refractivity contribution in [2.45, 2.75) is 64.6 Å². The lowest BCUT2D eigenvalue weighted by Gasteiger charge is -2.43. The van der Waals surface area contributed by atoms with Gasteiger partial charge in [-0.15, -0.1) is 0 Å². The number of fused-ring (bicyclic) bond motifs is 1. The van der Waals surface area contributed by atoms with E-state index in [1.54, 1.807) is 4.68 Å². The number of nitrogens with one attached hydrogen (secondary N) is 2. The molecule has 5 rings (SSSR count). The minimum absolute atomic E-state index is 0.0109. The summed E-state index contributed by atoms with van der Waals surface area (Å²) in [4.78, 5) is 33.3. The highest BCUT2D eigenvalue weighted by Crippen LogP contribution is 2.37. The Morgan fingerprint density at radius 1 is 1.00 bits per heavy atom. The smallest absolute Gasteiger partial charge is 0.413 e. The van der Waals surface area contributed by atoms with Crippen LogP contribution in [0.2, 0.25) is 5.04 Å². The Kier molecular flexibility index (Phi) is 12.5. The number of hydrogen-bond acceptors (Lipinski definition) is 9. The van der Waals surface area contributed by atoms with Crippen LogP contribution >= 0.6 is 15.9 Å². The number of carbonyl (C=O) groups is 2. The number of methoxy groups -OCH3 is 2. The number of aromatic carboxylic acids is 1. The van der Waals surface area contributed by atoms with Crippen molar-refractivity contribution in [3.63, 3.8) is 0 Å². The van der Waals surface area contributed by atoms with Crippen molar-refractivity contribution in [3.8, 4) is 5.75 Å². The zero-order valence-electron chi connectivity index (χ0n) is 30.6. The van der Waals surface area contributed by atoms with Crippen LogP contribution < -0.4 is 25.7 Å². The molecular formula is C38H44BrFN6O6Si. The Bertz CT molecular complexity index is 2020. The van der Waals surface area contributed by atoms with Crippen molar-refractivity contribution >= 4 is 69.5 Å². The minimum Gasteiger partial charge on any atom is -0.496 e. The number of rotatable bonds is 15. The fourth-order valence-electron chi connectivity index (χ4n) is 6.64. The molecule has 0 spiro atoms. The van der Waals surface area contributed by atoms with Gasteiger partial charge in [0.25, 0.3) is 8.32 Å². The van der Waals surface area contributed by atoms with Gasteiger partial charge in [0.15, 0.2) is 10.4 Å². The molecule has 53 heavy (non-hydrogen) atoms. The summed E-state index contributed by atoms with van der Waals surface area (Å²) in [5, 5.41) is 22.6. The van der Waals surface area contributed by atoms with E-state index in [9.17, 15) is 19.1 Å². The van der Waals surface area contributed by atoms with Crippen LogP contribution in [0.1, 0.15) is 62.9 Å². The summed E-state index contributed by atoms with van der Waals surface area (Å²) in [7, 11) is -0.179. The molecule has 0 aliphatic rings. The van der Waals surface area contributed by atoms with Crippen LogP contribution in [-0.4, -0.2) is 72.1 Å². The summed E-state index contributed by atoms with van der Waals surface area (Å²) < 4.78 is 33.9. The van der Waals surface area contributed by atoms with Crippen LogP contribution in [0.4, 0.5) is 21.0 Å². The van der Waals surface area contributed by atoms with Crippen molar-refractivity contribution in [3.05, 3.63) is 94.3 Å². The first-order valence-corrected chi connectivity index (χ1v) is 19.9. The molecule has 0 aliphatic heterocycles. The Hall–Kier alpha value is -4.86. The molecule has 5 aromatic rings. The maximum atomic E-state index is 14.6. The van der Waals surface area contributed by atoms with Gasteiger partial charge in [-0.1, -0.05) is 94.8 Å². The largest absolute Gasteiger partial charge is 0.496 e. The van der Waals surface area contributed by atoms with Crippen LogP contribution in [0, 0.1) is 5.82 Å². The molecule has 0 unspecified atom stereocenters. The van der Waals surface area contributed by atoms with E-state index < -0.39 is 31.8 Å². The second-order valence-electron chi connectivity index (χ2n) is 13.5. The Labute approximate surface area is 317 Å². The number of carboxylic acid groups (broad SMARTS) is 1. The first-order valence-electron chi connectivity index (χ1n) is 17.2. The summed E-state index contributed by atoms with van der Waals surface area (Å²) in [5.74, 6) is -1.83. The maximum absolute atomic E-state index is 14.6. The van der Waals surface area contributed by atoms with Gasteiger partial charge in [0.1, 0.15) is 22.6 Å². The van der Waals surface area contributed by atoms with Gasteiger partial charge in [-0.3, -0.25) is 10.00 Å². The number of anilines is 2. The van der Waals surface area contributed by atoms with E-state index in [1.807, 2.05) is 12.1 Å². The Morgan fingerprint density at radius 3 is 2.19 bits per heavy atom. The molecule has 1 atom stereocenters. The van der Waals surface area contributed by atoms with Gasteiger partial charge in [0, 0.05) is 24.3 Å². The van der Waals surface area contributed by atoms with Crippen LogP contribution in [0.15, 0.2) is 77.4 Å². The number of hydrogen-bond donors (Lipinski definition) is 3. The monoisotopic (exact) mass is 806 g/mol. The minimum atomic E-state index is -2.80. The number of benzene rings is 3. The van der Waals surface area contributed by atoms with Crippen molar-refractivity contribution < 1.29 is 33.0 Å². The molecule has 3 aromatic carbocycles. The lowest BCUT2D eigenvalue weighted by Crippen LogP contribution is -2.66. The number of aromatic nitrogens is 4. The summed E-state index contributed by atoms with van der Waals surface area (Å²) in [5.41, 5.74) is 0.700. The van der Waals surface area contributed by atoms with Gasteiger partial charge < -0.3 is 24.3 Å². The van der Waals surface area contributed by atoms with Gasteiger partial charge in [-0.2, -0.15) is 10.1 Å². The quantitative estimate of drug-likeness (QED) is 0.0927. The normalized spacial score (nSPS) is 12.4. The lowest BCUT2D eigenvalue weighted by atomic mass is 10.1. The van der Waals surface area contributed by atoms with Crippen LogP contribution in [0.5, 0.6) is 5.75 Å². The Balaban J connectivity index is 1.54. The third-order valence-electron chi connectivity index (χ3n) is 9.05. The standard InChI is InChI=1S/C38H44BrFN6O6Si/c1-7-14-25(19-20-52-53(38(2,3)4,26-15-10-8-11-16-26)27-17-12-9-13-18-27)41-34-32-31(42-36(43-34)44-37(49)51-6)33(39)45-46(32)23-24-21-28(35(47)48)29(40)22-30(24)50-5/h8-13,15-18,21-22,25H,7,14,19-20,23H2,1-6H3,(H,47,48)(H2,41,42,43,44,49)/t25-/m0/s1. The SMILES string of the molecule is CCC[C@@H](CCO[Si](c1ccccc1)(c1ccccc1)C(C)(C)C)Nc1nc(NC(=O)OC)nc2c(Br)nn(Cc3cc(C(=O)O)c(F)cc3OC)c12. The molecule has 1 amide bonds. The first kappa shape index (κ1) is 39.3. The molecule has 0 saturated carbocycles.